The van der Waals surface area contributed by atoms with Crippen molar-refractivity contribution in [3.8, 4) is 11.5 Å². The molecule has 22 heavy (non-hydrogen) atoms. The van der Waals surface area contributed by atoms with Crippen molar-refractivity contribution in [3.05, 3.63) is 12.1 Å². The molecule has 122 valence electrons. The van der Waals surface area contributed by atoms with Gasteiger partial charge in [-0.3, -0.25) is 4.79 Å². The number of amides is 2. The van der Waals surface area contributed by atoms with Crippen LogP contribution in [0.2, 0.25) is 0 Å². The molecule has 0 radical (unpaired) electrons. The van der Waals surface area contributed by atoms with Gasteiger partial charge in [0.1, 0.15) is 0 Å². The summed E-state index contributed by atoms with van der Waals surface area (Å²) in [6, 6.07) is 3.14. The molecule has 0 saturated carbocycles. The van der Waals surface area contributed by atoms with Crippen LogP contribution in [0.15, 0.2) is 12.1 Å². The van der Waals surface area contributed by atoms with Gasteiger partial charge in [0, 0.05) is 32.1 Å². The van der Waals surface area contributed by atoms with Crippen molar-refractivity contribution in [3.63, 3.8) is 0 Å². The minimum absolute atomic E-state index is 0.186. The topological polar surface area (TPSA) is 114 Å². The Kier molecular flexibility index (Phi) is 6.30. The number of ether oxygens (including phenoxy) is 2. The summed E-state index contributed by atoms with van der Waals surface area (Å²) in [5, 5.41) is 11.4. The lowest BCUT2D eigenvalue weighted by Crippen LogP contribution is -2.26. The molecule has 0 atom stereocenters. The smallest absolute Gasteiger partial charge is 0.407 e. The van der Waals surface area contributed by atoms with Gasteiger partial charge in [0.05, 0.1) is 25.6 Å². The van der Waals surface area contributed by atoms with Gasteiger partial charge in [-0.25, -0.2) is 4.79 Å². The van der Waals surface area contributed by atoms with Gasteiger partial charge in [-0.1, -0.05) is 0 Å². The van der Waals surface area contributed by atoms with E-state index in [9.17, 15) is 9.59 Å². The van der Waals surface area contributed by atoms with Gasteiger partial charge in [-0.15, -0.1) is 0 Å². The first kappa shape index (κ1) is 17.4. The van der Waals surface area contributed by atoms with Gasteiger partial charge >= 0.3 is 6.09 Å². The summed E-state index contributed by atoms with van der Waals surface area (Å²) in [5.74, 6) is 0.677. The zero-order valence-electron chi connectivity index (χ0n) is 12.9. The molecule has 0 fully saturated rings. The predicted molar refractivity (Wildman–Crippen MR) is 82.5 cm³/mol. The highest BCUT2D eigenvalue weighted by Gasteiger charge is 2.12. The Hall–Kier alpha value is -2.64. The number of hydrogen-bond donors (Lipinski definition) is 3. The standard InChI is InChI=1S/C14H21N3O5/c1-17(14(19)20)6-4-5-13(18)16-10-8-12(22-3)11(21-2)7-9(10)15/h7-8H,4-6,15H2,1-3H3,(H,16,18)(H,19,20). The molecular weight excluding hydrogens is 290 g/mol. The van der Waals surface area contributed by atoms with Crippen LogP contribution < -0.4 is 20.5 Å². The number of nitrogens with two attached hydrogens (primary N) is 1. The van der Waals surface area contributed by atoms with Crippen molar-refractivity contribution >= 4 is 23.4 Å². The van der Waals surface area contributed by atoms with E-state index < -0.39 is 6.09 Å². The van der Waals surface area contributed by atoms with Gasteiger partial charge in [0.25, 0.3) is 0 Å². The molecule has 1 aromatic carbocycles. The number of nitrogen functional groups attached to an aromatic ring is 1. The molecule has 0 bridgehead atoms. The highest BCUT2D eigenvalue weighted by atomic mass is 16.5. The lowest BCUT2D eigenvalue weighted by Gasteiger charge is -2.14. The molecule has 0 saturated heterocycles. The van der Waals surface area contributed by atoms with E-state index in [2.05, 4.69) is 5.32 Å². The number of carbonyl (C=O) groups is 2. The van der Waals surface area contributed by atoms with Crippen LogP contribution in [0.25, 0.3) is 0 Å². The van der Waals surface area contributed by atoms with Crippen LogP contribution in [0.1, 0.15) is 12.8 Å². The molecule has 2 amide bonds. The Morgan fingerprint density at radius 1 is 1.27 bits per heavy atom. The van der Waals surface area contributed by atoms with Gasteiger partial charge in [-0.2, -0.15) is 0 Å². The summed E-state index contributed by atoms with van der Waals surface area (Å²) in [6.07, 6.45) is -0.419. The fourth-order valence-corrected chi connectivity index (χ4v) is 1.79. The van der Waals surface area contributed by atoms with Crippen LogP contribution in [-0.4, -0.2) is 49.8 Å². The summed E-state index contributed by atoms with van der Waals surface area (Å²) in [5.41, 5.74) is 6.63. The van der Waals surface area contributed by atoms with E-state index in [0.29, 0.717) is 29.3 Å². The third-order valence-electron chi connectivity index (χ3n) is 3.05. The quantitative estimate of drug-likeness (QED) is 0.659. The highest BCUT2D eigenvalue weighted by Crippen LogP contribution is 2.34. The van der Waals surface area contributed by atoms with Crippen molar-refractivity contribution < 1.29 is 24.2 Å². The first-order valence-corrected chi connectivity index (χ1v) is 6.64. The molecule has 0 aliphatic carbocycles. The average Bonchev–Trinajstić information content (AvgIpc) is 2.48. The molecule has 0 unspecified atom stereocenters. The second-order valence-corrected chi connectivity index (χ2v) is 4.65. The van der Waals surface area contributed by atoms with E-state index in [0.717, 1.165) is 4.90 Å². The van der Waals surface area contributed by atoms with Crippen molar-refractivity contribution in [2.45, 2.75) is 12.8 Å². The van der Waals surface area contributed by atoms with Gasteiger partial charge in [0.2, 0.25) is 5.91 Å². The summed E-state index contributed by atoms with van der Waals surface area (Å²) < 4.78 is 10.3. The number of benzene rings is 1. The van der Waals surface area contributed by atoms with E-state index in [1.807, 2.05) is 0 Å². The van der Waals surface area contributed by atoms with Crippen LogP contribution in [0, 0.1) is 0 Å². The molecule has 8 heteroatoms. The fourth-order valence-electron chi connectivity index (χ4n) is 1.79. The molecule has 8 nitrogen and oxygen atoms in total. The lowest BCUT2D eigenvalue weighted by molar-refractivity contribution is -0.116. The summed E-state index contributed by atoms with van der Waals surface area (Å²) >= 11 is 0. The fraction of sp³-hybridized carbons (Fsp3) is 0.429. The van der Waals surface area contributed by atoms with E-state index in [4.69, 9.17) is 20.3 Å². The largest absolute Gasteiger partial charge is 0.493 e. The SMILES string of the molecule is COc1cc(N)c(NC(=O)CCCN(C)C(=O)O)cc1OC. The Bertz CT molecular complexity index is 548. The van der Waals surface area contributed by atoms with Crippen LogP contribution in [0.5, 0.6) is 11.5 Å². The number of carboxylic acid groups (broad SMARTS) is 1. The lowest BCUT2D eigenvalue weighted by atomic mass is 10.2. The minimum atomic E-state index is -1.02. The monoisotopic (exact) mass is 311 g/mol. The second kappa shape index (κ2) is 7.96. The maximum absolute atomic E-state index is 11.9. The van der Waals surface area contributed by atoms with Gasteiger partial charge in [0.15, 0.2) is 11.5 Å². The third kappa shape index (κ3) is 4.72. The first-order valence-electron chi connectivity index (χ1n) is 6.64. The summed E-state index contributed by atoms with van der Waals surface area (Å²) in [7, 11) is 4.43. The molecule has 1 aromatic rings. The summed E-state index contributed by atoms with van der Waals surface area (Å²) in [6.45, 7) is 0.282. The zero-order chi connectivity index (χ0) is 16.7. The number of hydrogen-bond acceptors (Lipinski definition) is 5. The van der Waals surface area contributed by atoms with Crippen LogP contribution >= 0.6 is 0 Å². The maximum atomic E-state index is 11.9. The second-order valence-electron chi connectivity index (χ2n) is 4.65. The van der Waals surface area contributed by atoms with E-state index >= 15 is 0 Å². The number of carbonyl (C=O) groups excluding carboxylic acids is 1. The number of nitrogens with one attached hydrogen (secondary N) is 1. The van der Waals surface area contributed by atoms with E-state index in [1.54, 1.807) is 12.1 Å². The first-order chi connectivity index (χ1) is 10.4. The van der Waals surface area contributed by atoms with Gasteiger partial charge in [-0.05, 0) is 6.42 Å². The number of nitrogens with zero attached hydrogens (tertiary/aromatic N) is 1. The van der Waals surface area contributed by atoms with Crippen molar-refractivity contribution in [2.75, 3.05) is 38.9 Å². The van der Waals surface area contributed by atoms with Gasteiger partial charge < -0.3 is 30.5 Å². The van der Waals surface area contributed by atoms with Crippen molar-refractivity contribution in [1.82, 2.24) is 4.90 Å². The maximum Gasteiger partial charge on any atom is 0.407 e. The number of methoxy groups -OCH3 is 2. The Labute approximate surface area is 128 Å². The zero-order valence-corrected chi connectivity index (χ0v) is 12.9. The molecular formula is C14H21N3O5. The average molecular weight is 311 g/mol. The molecule has 0 spiro atoms. The molecule has 0 heterocycles. The Morgan fingerprint density at radius 3 is 2.41 bits per heavy atom. The molecule has 4 N–H and O–H groups in total. The van der Waals surface area contributed by atoms with Crippen molar-refractivity contribution in [2.24, 2.45) is 0 Å². The van der Waals surface area contributed by atoms with Crippen LogP contribution in [0.3, 0.4) is 0 Å². The highest BCUT2D eigenvalue weighted by molar-refractivity contribution is 5.94. The van der Waals surface area contributed by atoms with Crippen LogP contribution in [0.4, 0.5) is 16.2 Å². The molecule has 1 rings (SSSR count). The van der Waals surface area contributed by atoms with E-state index in [-0.39, 0.29) is 18.9 Å². The molecule has 0 aliphatic heterocycles. The minimum Gasteiger partial charge on any atom is -0.493 e. The molecule has 0 aliphatic rings. The molecule has 0 aromatic heterocycles. The number of anilines is 2. The van der Waals surface area contributed by atoms with E-state index in [1.165, 1.54) is 21.3 Å². The number of rotatable bonds is 7. The Balaban J connectivity index is 2.63. The third-order valence-corrected chi connectivity index (χ3v) is 3.05. The normalized spacial score (nSPS) is 9.95. The van der Waals surface area contributed by atoms with Crippen molar-refractivity contribution in [1.29, 1.82) is 0 Å². The Morgan fingerprint density at radius 2 is 1.86 bits per heavy atom. The van der Waals surface area contributed by atoms with Crippen LogP contribution in [-0.2, 0) is 4.79 Å². The predicted octanol–water partition coefficient (Wildman–Crippen LogP) is 1.61. The summed E-state index contributed by atoms with van der Waals surface area (Å²) in [4.78, 5) is 23.6.